The topological polar surface area (TPSA) is 23.5 Å². The predicted octanol–water partition coefficient (Wildman–Crippen LogP) is 3.00. The fourth-order valence-electron chi connectivity index (χ4n) is 2.11. The van der Waals surface area contributed by atoms with Crippen molar-refractivity contribution in [3.63, 3.8) is 0 Å². The molecule has 0 fully saturated rings. The Bertz CT molecular complexity index is 531. The predicted molar refractivity (Wildman–Crippen MR) is 76.7 cm³/mol. The molecule has 1 N–H and O–H groups in total. The van der Waals surface area contributed by atoms with Crippen molar-refractivity contribution >= 4 is 10.8 Å². The lowest BCUT2D eigenvalue weighted by molar-refractivity contribution is 0.0407. The normalized spacial score (nSPS) is 14.9. The SMILES string of the molecule is CN(C)CC[C@](C)(O)c1ccc2ccccc2c1. The first-order valence-corrected chi connectivity index (χ1v) is 6.35. The minimum absolute atomic E-state index is 0.734. The van der Waals surface area contributed by atoms with Crippen LogP contribution in [-0.2, 0) is 5.60 Å². The Balaban J connectivity index is 2.29. The van der Waals surface area contributed by atoms with Gasteiger partial charge >= 0.3 is 0 Å². The monoisotopic (exact) mass is 243 g/mol. The van der Waals surface area contributed by atoms with Crippen LogP contribution < -0.4 is 0 Å². The highest BCUT2D eigenvalue weighted by Crippen LogP contribution is 2.27. The Morgan fingerprint density at radius 1 is 1.06 bits per heavy atom. The van der Waals surface area contributed by atoms with Crippen molar-refractivity contribution in [2.24, 2.45) is 0 Å². The third-order valence-corrected chi connectivity index (χ3v) is 3.42. The number of nitrogens with zero attached hydrogens (tertiary/aromatic N) is 1. The van der Waals surface area contributed by atoms with Gasteiger partial charge in [0.25, 0.3) is 0 Å². The molecule has 2 heteroatoms. The molecular formula is C16H21NO. The molecule has 2 nitrogen and oxygen atoms in total. The van der Waals surface area contributed by atoms with Gasteiger partial charge in [-0.15, -0.1) is 0 Å². The summed E-state index contributed by atoms with van der Waals surface area (Å²) in [5.74, 6) is 0. The van der Waals surface area contributed by atoms with Crippen LogP contribution in [0.4, 0.5) is 0 Å². The van der Waals surface area contributed by atoms with E-state index in [0.29, 0.717) is 0 Å². The highest BCUT2D eigenvalue weighted by Gasteiger charge is 2.22. The molecule has 0 unspecified atom stereocenters. The Morgan fingerprint density at radius 2 is 1.72 bits per heavy atom. The van der Waals surface area contributed by atoms with E-state index in [1.54, 1.807) is 0 Å². The van der Waals surface area contributed by atoms with E-state index >= 15 is 0 Å². The van der Waals surface area contributed by atoms with Crippen molar-refractivity contribution in [2.75, 3.05) is 20.6 Å². The smallest absolute Gasteiger partial charge is 0.0880 e. The maximum atomic E-state index is 10.6. The van der Waals surface area contributed by atoms with Crippen LogP contribution in [0.1, 0.15) is 18.9 Å². The van der Waals surface area contributed by atoms with Crippen molar-refractivity contribution in [3.05, 3.63) is 48.0 Å². The molecule has 0 saturated heterocycles. The summed E-state index contributed by atoms with van der Waals surface area (Å²) in [6.45, 7) is 2.76. The average Bonchev–Trinajstić information content (AvgIpc) is 2.36. The van der Waals surface area contributed by atoms with Crippen LogP contribution in [0.3, 0.4) is 0 Å². The summed E-state index contributed by atoms with van der Waals surface area (Å²) in [7, 11) is 4.05. The van der Waals surface area contributed by atoms with E-state index < -0.39 is 5.60 Å². The zero-order chi connectivity index (χ0) is 13.2. The number of hydrogen-bond donors (Lipinski definition) is 1. The van der Waals surface area contributed by atoms with E-state index in [9.17, 15) is 5.11 Å². The molecule has 0 aromatic heterocycles. The standard InChI is InChI=1S/C16H21NO/c1-16(18,10-11-17(2)3)15-9-8-13-6-4-5-7-14(13)12-15/h4-9,12,18H,10-11H2,1-3H3/t16-/m0/s1. The lowest BCUT2D eigenvalue weighted by Gasteiger charge is -2.26. The zero-order valence-electron chi connectivity index (χ0n) is 11.4. The molecule has 0 radical (unpaired) electrons. The Kier molecular flexibility index (Phi) is 3.69. The lowest BCUT2D eigenvalue weighted by Crippen LogP contribution is -2.27. The first kappa shape index (κ1) is 13.1. The number of fused-ring (bicyclic) bond motifs is 1. The molecule has 0 aliphatic carbocycles. The molecule has 2 aromatic carbocycles. The molecule has 0 spiro atoms. The summed E-state index contributed by atoms with van der Waals surface area (Å²) >= 11 is 0. The minimum Gasteiger partial charge on any atom is -0.385 e. The maximum absolute atomic E-state index is 10.6. The molecule has 0 amide bonds. The Morgan fingerprint density at radius 3 is 2.39 bits per heavy atom. The summed E-state index contributed by atoms with van der Waals surface area (Å²) in [5, 5.41) is 13.0. The quantitative estimate of drug-likeness (QED) is 0.892. The molecule has 96 valence electrons. The van der Waals surface area contributed by atoms with Gasteiger partial charge in [0, 0.05) is 6.54 Å². The van der Waals surface area contributed by atoms with Crippen LogP contribution in [-0.4, -0.2) is 30.6 Å². The van der Waals surface area contributed by atoms with Crippen LogP contribution in [0.2, 0.25) is 0 Å². The van der Waals surface area contributed by atoms with Gasteiger partial charge in [0.2, 0.25) is 0 Å². The van der Waals surface area contributed by atoms with Gasteiger partial charge in [-0.1, -0.05) is 36.4 Å². The highest BCUT2D eigenvalue weighted by molar-refractivity contribution is 5.83. The molecule has 0 saturated carbocycles. The molecular weight excluding hydrogens is 222 g/mol. The van der Waals surface area contributed by atoms with Crippen LogP contribution in [0, 0.1) is 0 Å². The minimum atomic E-state index is -0.770. The first-order valence-electron chi connectivity index (χ1n) is 6.35. The van der Waals surface area contributed by atoms with E-state index in [1.165, 1.54) is 10.8 Å². The average molecular weight is 243 g/mol. The van der Waals surface area contributed by atoms with Gasteiger partial charge in [0.15, 0.2) is 0 Å². The number of benzene rings is 2. The van der Waals surface area contributed by atoms with Gasteiger partial charge in [-0.05, 0) is 49.8 Å². The highest BCUT2D eigenvalue weighted by atomic mass is 16.3. The Hall–Kier alpha value is -1.38. The molecule has 0 aliphatic heterocycles. The van der Waals surface area contributed by atoms with Gasteiger partial charge in [0.05, 0.1) is 5.60 Å². The molecule has 2 rings (SSSR count). The Labute approximate surface area is 109 Å². The summed E-state index contributed by atoms with van der Waals surface area (Å²) in [6.07, 6.45) is 0.734. The van der Waals surface area contributed by atoms with E-state index in [2.05, 4.69) is 29.2 Å². The number of rotatable bonds is 4. The van der Waals surface area contributed by atoms with Crippen molar-refractivity contribution in [1.82, 2.24) is 4.90 Å². The first-order chi connectivity index (χ1) is 8.49. The van der Waals surface area contributed by atoms with Crippen LogP contribution in [0.25, 0.3) is 10.8 Å². The molecule has 0 aliphatic rings. The van der Waals surface area contributed by atoms with Gasteiger partial charge in [-0.25, -0.2) is 0 Å². The van der Waals surface area contributed by atoms with Gasteiger partial charge < -0.3 is 10.0 Å². The third-order valence-electron chi connectivity index (χ3n) is 3.42. The zero-order valence-corrected chi connectivity index (χ0v) is 11.4. The van der Waals surface area contributed by atoms with Gasteiger partial charge in [0.1, 0.15) is 0 Å². The molecule has 0 heterocycles. The maximum Gasteiger partial charge on any atom is 0.0880 e. The summed E-state index contributed by atoms with van der Waals surface area (Å²) in [6, 6.07) is 14.4. The fraction of sp³-hybridized carbons (Fsp3) is 0.375. The summed E-state index contributed by atoms with van der Waals surface area (Å²) in [5.41, 5.74) is 0.219. The second-order valence-electron chi connectivity index (χ2n) is 5.39. The largest absolute Gasteiger partial charge is 0.385 e. The number of aliphatic hydroxyl groups is 1. The lowest BCUT2D eigenvalue weighted by atomic mass is 9.90. The molecule has 0 bridgehead atoms. The van der Waals surface area contributed by atoms with Gasteiger partial charge in [-0.2, -0.15) is 0 Å². The molecule has 2 aromatic rings. The fourth-order valence-corrected chi connectivity index (χ4v) is 2.11. The summed E-state index contributed by atoms with van der Waals surface area (Å²) < 4.78 is 0. The van der Waals surface area contributed by atoms with Crippen molar-refractivity contribution < 1.29 is 5.11 Å². The second-order valence-corrected chi connectivity index (χ2v) is 5.39. The van der Waals surface area contributed by atoms with Crippen LogP contribution >= 0.6 is 0 Å². The van der Waals surface area contributed by atoms with Crippen LogP contribution in [0.15, 0.2) is 42.5 Å². The summed E-state index contributed by atoms with van der Waals surface area (Å²) in [4.78, 5) is 2.09. The number of hydrogen-bond acceptors (Lipinski definition) is 2. The molecule has 1 atom stereocenters. The van der Waals surface area contributed by atoms with Gasteiger partial charge in [-0.3, -0.25) is 0 Å². The van der Waals surface area contributed by atoms with Crippen molar-refractivity contribution in [3.8, 4) is 0 Å². The van der Waals surface area contributed by atoms with Crippen LogP contribution in [0.5, 0.6) is 0 Å². The second kappa shape index (κ2) is 5.09. The van der Waals surface area contributed by atoms with E-state index in [4.69, 9.17) is 0 Å². The molecule has 18 heavy (non-hydrogen) atoms. The third kappa shape index (κ3) is 2.89. The van der Waals surface area contributed by atoms with E-state index in [1.807, 2.05) is 39.2 Å². The van der Waals surface area contributed by atoms with E-state index in [0.717, 1.165) is 18.5 Å². The van der Waals surface area contributed by atoms with E-state index in [-0.39, 0.29) is 0 Å². The van der Waals surface area contributed by atoms with Crippen molar-refractivity contribution in [1.29, 1.82) is 0 Å². The van der Waals surface area contributed by atoms with Crippen molar-refractivity contribution in [2.45, 2.75) is 18.9 Å².